The summed E-state index contributed by atoms with van der Waals surface area (Å²) in [5.74, 6) is 0.157. The summed E-state index contributed by atoms with van der Waals surface area (Å²) in [4.78, 5) is 23.0. The molecule has 116 valence electrons. The van der Waals surface area contributed by atoms with Gasteiger partial charge < -0.3 is 19.0 Å². The third kappa shape index (κ3) is 5.53. The van der Waals surface area contributed by atoms with E-state index in [1.165, 1.54) is 14.0 Å². The van der Waals surface area contributed by atoms with Crippen molar-refractivity contribution >= 4 is 11.8 Å². The minimum absolute atomic E-state index is 0.150. The van der Waals surface area contributed by atoms with Crippen molar-refractivity contribution in [3.05, 3.63) is 35.8 Å². The average molecular weight is 296 g/mol. The van der Waals surface area contributed by atoms with Gasteiger partial charge in [-0.1, -0.05) is 6.58 Å². The van der Waals surface area contributed by atoms with E-state index in [2.05, 4.69) is 6.58 Å². The predicted molar refractivity (Wildman–Crippen MR) is 74.4 cm³/mol. The number of ketones is 1. The van der Waals surface area contributed by atoms with E-state index < -0.39 is 12.1 Å². The van der Waals surface area contributed by atoms with Crippen molar-refractivity contribution in [2.24, 2.45) is 0 Å². The Hall–Kier alpha value is -1.92. The van der Waals surface area contributed by atoms with Crippen LogP contribution in [0.15, 0.2) is 28.7 Å². The van der Waals surface area contributed by atoms with Gasteiger partial charge in [-0.3, -0.25) is 9.59 Å². The number of aliphatic hydroxyl groups excluding tert-OH is 1. The summed E-state index contributed by atoms with van der Waals surface area (Å²) in [6.07, 6.45) is -0.225. The van der Waals surface area contributed by atoms with Crippen LogP contribution in [0.25, 0.3) is 0 Å². The van der Waals surface area contributed by atoms with Gasteiger partial charge in [0.15, 0.2) is 11.9 Å². The number of carbonyl (C=O) groups excluding carboxylic acids is 2. The lowest BCUT2D eigenvalue weighted by atomic mass is 10.0. The fraction of sp³-hybridized carbons (Fsp3) is 0.467. The van der Waals surface area contributed by atoms with E-state index in [0.717, 1.165) is 0 Å². The zero-order chi connectivity index (χ0) is 15.8. The van der Waals surface area contributed by atoms with Gasteiger partial charge in [-0.25, -0.2) is 0 Å². The standard InChI is InChI=1S/C15H20O6/c1-10(9-19-3)13(18)5-7-14(20-11(2)17)15-6-4-12(8-16)21-15/h4,6,14,16H,1,5,7-9H2,2-3H3/t14-/m0/s1. The minimum Gasteiger partial charge on any atom is -0.460 e. The molecule has 0 aliphatic heterocycles. The number of rotatable bonds is 9. The smallest absolute Gasteiger partial charge is 0.303 e. The van der Waals surface area contributed by atoms with E-state index in [1.807, 2.05) is 0 Å². The van der Waals surface area contributed by atoms with Gasteiger partial charge in [0, 0.05) is 26.0 Å². The topological polar surface area (TPSA) is 86.0 Å². The van der Waals surface area contributed by atoms with Gasteiger partial charge in [-0.15, -0.1) is 0 Å². The molecule has 0 fully saturated rings. The van der Waals surface area contributed by atoms with Gasteiger partial charge in [0.1, 0.15) is 18.1 Å². The summed E-state index contributed by atoms with van der Waals surface area (Å²) in [7, 11) is 1.49. The Morgan fingerprint density at radius 3 is 2.67 bits per heavy atom. The first-order valence-corrected chi connectivity index (χ1v) is 6.54. The summed E-state index contributed by atoms with van der Waals surface area (Å²) in [5, 5.41) is 8.98. The lowest BCUT2D eigenvalue weighted by Crippen LogP contribution is -2.12. The lowest BCUT2D eigenvalue weighted by molar-refractivity contribution is -0.148. The molecule has 6 heteroatoms. The molecular formula is C15H20O6. The molecule has 0 unspecified atom stereocenters. The number of aliphatic hydroxyl groups is 1. The monoisotopic (exact) mass is 296 g/mol. The zero-order valence-corrected chi connectivity index (χ0v) is 12.3. The molecule has 0 saturated carbocycles. The third-order valence-electron chi connectivity index (χ3n) is 2.81. The van der Waals surface area contributed by atoms with Crippen LogP contribution in [0, 0.1) is 0 Å². The molecule has 0 bridgehead atoms. The number of ether oxygens (including phenoxy) is 2. The van der Waals surface area contributed by atoms with Gasteiger partial charge >= 0.3 is 5.97 Å². The van der Waals surface area contributed by atoms with Gasteiger partial charge in [0.05, 0.1) is 6.61 Å². The maximum Gasteiger partial charge on any atom is 0.303 e. The number of methoxy groups -OCH3 is 1. The first-order valence-electron chi connectivity index (χ1n) is 6.54. The lowest BCUT2D eigenvalue weighted by Gasteiger charge is -2.14. The maximum absolute atomic E-state index is 11.8. The second-order valence-electron chi connectivity index (χ2n) is 4.56. The van der Waals surface area contributed by atoms with Crippen molar-refractivity contribution in [3.63, 3.8) is 0 Å². The largest absolute Gasteiger partial charge is 0.460 e. The molecule has 1 aromatic rings. The zero-order valence-electron chi connectivity index (χ0n) is 12.3. The van der Waals surface area contributed by atoms with E-state index in [1.54, 1.807) is 12.1 Å². The quantitative estimate of drug-likeness (QED) is 0.553. The molecule has 1 atom stereocenters. The van der Waals surface area contributed by atoms with E-state index in [4.69, 9.17) is 19.0 Å². The van der Waals surface area contributed by atoms with Gasteiger partial charge in [0.25, 0.3) is 0 Å². The molecule has 0 aliphatic carbocycles. The van der Waals surface area contributed by atoms with E-state index in [9.17, 15) is 9.59 Å². The molecule has 1 heterocycles. The predicted octanol–water partition coefficient (Wildman–Crippen LogP) is 1.93. The third-order valence-corrected chi connectivity index (χ3v) is 2.81. The summed E-state index contributed by atoms with van der Waals surface area (Å²) in [5.41, 5.74) is 0.370. The second kappa shape index (κ2) is 8.39. The van der Waals surface area contributed by atoms with Crippen molar-refractivity contribution < 1.29 is 28.6 Å². The van der Waals surface area contributed by atoms with Crippen molar-refractivity contribution in [1.29, 1.82) is 0 Å². The Kier molecular flexibility index (Phi) is 6.84. The molecule has 1 N–H and O–H groups in total. The molecule has 0 radical (unpaired) electrons. The van der Waals surface area contributed by atoms with Crippen LogP contribution >= 0.6 is 0 Å². The van der Waals surface area contributed by atoms with Crippen LogP contribution in [-0.4, -0.2) is 30.6 Å². The van der Waals surface area contributed by atoms with Crippen molar-refractivity contribution in [2.45, 2.75) is 32.5 Å². The fourth-order valence-electron chi connectivity index (χ4n) is 1.81. The number of Topliss-reactive ketones (excluding diaryl/α,β-unsaturated/α-hetero) is 1. The fourth-order valence-corrected chi connectivity index (χ4v) is 1.81. The molecule has 21 heavy (non-hydrogen) atoms. The first-order chi connectivity index (χ1) is 9.97. The van der Waals surface area contributed by atoms with Gasteiger partial charge in [-0.05, 0) is 18.6 Å². The average Bonchev–Trinajstić information content (AvgIpc) is 2.91. The minimum atomic E-state index is -0.665. The Balaban J connectivity index is 2.68. The molecular weight excluding hydrogens is 276 g/mol. The van der Waals surface area contributed by atoms with Crippen LogP contribution < -0.4 is 0 Å². The maximum atomic E-state index is 11.8. The van der Waals surface area contributed by atoms with Crippen LogP contribution in [0.4, 0.5) is 0 Å². The molecule has 1 aromatic heterocycles. The van der Waals surface area contributed by atoms with E-state index in [-0.39, 0.29) is 31.8 Å². The summed E-state index contributed by atoms with van der Waals surface area (Å²) in [6.45, 7) is 4.85. The van der Waals surface area contributed by atoms with Crippen LogP contribution in [0.2, 0.25) is 0 Å². The van der Waals surface area contributed by atoms with Crippen LogP contribution in [-0.2, 0) is 25.7 Å². The Morgan fingerprint density at radius 1 is 1.43 bits per heavy atom. The van der Waals surface area contributed by atoms with Gasteiger partial charge in [-0.2, -0.15) is 0 Å². The highest BCUT2D eigenvalue weighted by Crippen LogP contribution is 2.26. The highest BCUT2D eigenvalue weighted by Gasteiger charge is 2.21. The number of hydrogen-bond donors (Lipinski definition) is 1. The van der Waals surface area contributed by atoms with Crippen LogP contribution in [0.1, 0.15) is 37.4 Å². The molecule has 0 spiro atoms. The number of hydrogen-bond acceptors (Lipinski definition) is 6. The number of esters is 1. The normalized spacial score (nSPS) is 12.0. The van der Waals surface area contributed by atoms with Crippen molar-refractivity contribution in [1.82, 2.24) is 0 Å². The number of carbonyl (C=O) groups is 2. The summed E-state index contributed by atoms with van der Waals surface area (Å²) in [6, 6.07) is 3.21. The number of furan rings is 1. The molecule has 0 aliphatic rings. The van der Waals surface area contributed by atoms with E-state index >= 15 is 0 Å². The van der Waals surface area contributed by atoms with Crippen molar-refractivity contribution in [3.8, 4) is 0 Å². The molecule has 0 saturated heterocycles. The van der Waals surface area contributed by atoms with Gasteiger partial charge in [0.2, 0.25) is 0 Å². The van der Waals surface area contributed by atoms with Crippen LogP contribution in [0.5, 0.6) is 0 Å². The molecule has 6 nitrogen and oxygen atoms in total. The Morgan fingerprint density at radius 2 is 2.14 bits per heavy atom. The SMILES string of the molecule is C=C(COC)C(=O)CC[C@H](OC(C)=O)c1ccc(CO)o1. The molecule has 0 amide bonds. The van der Waals surface area contributed by atoms with Crippen LogP contribution in [0.3, 0.4) is 0 Å². The Labute approximate surface area is 123 Å². The van der Waals surface area contributed by atoms with Crippen molar-refractivity contribution in [2.75, 3.05) is 13.7 Å². The first kappa shape index (κ1) is 17.1. The highest BCUT2D eigenvalue weighted by molar-refractivity contribution is 5.94. The summed E-state index contributed by atoms with van der Waals surface area (Å²) >= 11 is 0. The molecule has 1 rings (SSSR count). The highest BCUT2D eigenvalue weighted by atomic mass is 16.6. The second-order valence-corrected chi connectivity index (χ2v) is 4.56. The molecule has 0 aromatic carbocycles. The van der Waals surface area contributed by atoms with E-state index in [0.29, 0.717) is 17.1 Å². The Bertz CT molecular complexity index is 502. The summed E-state index contributed by atoms with van der Waals surface area (Å²) < 4.78 is 15.4.